The molecule has 1 amide bonds. The quantitative estimate of drug-likeness (QED) is 0.606. The standard InChI is InChI=1S/C12H26N2O2/c1-5-16-9-7-6-8-13-11(2)10-12(15)14(3)4/h11,13H,5-10H2,1-4H3. The molecule has 0 aliphatic carbocycles. The molecule has 0 aliphatic rings. The molecule has 0 aromatic rings. The Labute approximate surface area is 99.3 Å². The van der Waals surface area contributed by atoms with Gasteiger partial charge in [0.25, 0.3) is 0 Å². The number of hydrogen-bond acceptors (Lipinski definition) is 3. The minimum Gasteiger partial charge on any atom is -0.382 e. The highest BCUT2D eigenvalue weighted by atomic mass is 16.5. The van der Waals surface area contributed by atoms with Crippen molar-refractivity contribution >= 4 is 5.91 Å². The molecule has 0 aliphatic heterocycles. The van der Waals surface area contributed by atoms with E-state index in [4.69, 9.17) is 4.74 Å². The van der Waals surface area contributed by atoms with Gasteiger partial charge in [-0.1, -0.05) is 0 Å². The van der Waals surface area contributed by atoms with E-state index in [9.17, 15) is 4.79 Å². The Morgan fingerprint density at radius 3 is 2.62 bits per heavy atom. The lowest BCUT2D eigenvalue weighted by atomic mass is 10.2. The van der Waals surface area contributed by atoms with E-state index in [-0.39, 0.29) is 11.9 Å². The minimum atomic E-state index is 0.175. The third-order valence-electron chi connectivity index (χ3n) is 2.39. The lowest BCUT2D eigenvalue weighted by molar-refractivity contribution is -0.129. The molecule has 0 heterocycles. The Bertz CT molecular complexity index is 184. The highest BCUT2D eigenvalue weighted by Gasteiger charge is 2.09. The fourth-order valence-electron chi connectivity index (χ4n) is 1.34. The van der Waals surface area contributed by atoms with Gasteiger partial charge in [-0.25, -0.2) is 0 Å². The summed E-state index contributed by atoms with van der Waals surface area (Å²) in [6.07, 6.45) is 2.74. The summed E-state index contributed by atoms with van der Waals surface area (Å²) in [6, 6.07) is 0.252. The van der Waals surface area contributed by atoms with E-state index in [0.717, 1.165) is 32.6 Å². The SMILES string of the molecule is CCOCCCCNC(C)CC(=O)N(C)C. The molecule has 0 fully saturated rings. The first-order chi connectivity index (χ1) is 7.57. The lowest BCUT2D eigenvalue weighted by Gasteiger charge is -2.16. The van der Waals surface area contributed by atoms with Gasteiger partial charge in [-0.2, -0.15) is 0 Å². The first kappa shape index (κ1) is 15.4. The molecule has 0 aromatic heterocycles. The van der Waals surface area contributed by atoms with E-state index in [0.29, 0.717) is 6.42 Å². The number of ether oxygens (including phenoxy) is 1. The number of amides is 1. The van der Waals surface area contributed by atoms with Crippen LogP contribution in [-0.2, 0) is 9.53 Å². The molecule has 0 saturated heterocycles. The average molecular weight is 230 g/mol. The molecule has 0 bridgehead atoms. The van der Waals surface area contributed by atoms with Crippen LogP contribution in [0.15, 0.2) is 0 Å². The maximum absolute atomic E-state index is 11.4. The van der Waals surface area contributed by atoms with Crippen LogP contribution in [0.25, 0.3) is 0 Å². The molecule has 96 valence electrons. The van der Waals surface area contributed by atoms with Crippen molar-refractivity contribution in [2.24, 2.45) is 0 Å². The average Bonchev–Trinajstić information content (AvgIpc) is 2.23. The van der Waals surface area contributed by atoms with Gasteiger partial charge in [0.05, 0.1) is 0 Å². The van der Waals surface area contributed by atoms with Gasteiger partial charge in [-0.15, -0.1) is 0 Å². The number of hydrogen-bond donors (Lipinski definition) is 1. The van der Waals surface area contributed by atoms with Crippen LogP contribution in [0, 0.1) is 0 Å². The molecule has 0 rings (SSSR count). The second-order valence-corrected chi connectivity index (χ2v) is 4.25. The zero-order chi connectivity index (χ0) is 12.4. The number of carbonyl (C=O) groups excluding carboxylic acids is 1. The fourth-order valence-corrected chi connectivity index (χ4v) is 1.34. The summed E-state index contributed by atoms with van der Waals surface area (Å²) in [6.45, 7) is 6.64. The summed E-state index contributed by atoms with van der Waals surface area (Å²) in [5, 5.41) is 3.34. The first-order valence-electron chi connectivity index (χ1n) is 6.09. The molecular formula is C12H26N2O2. The molecule has 0 saturated carbocycles. The maximum atomic E-state index is 11.4. The maximum Gasteiger partial charge on any atom is 0.223 e. The summed E-state index contributed by atoms with van der Waals surface area (Å²) >= 11 is 0. The van der Waals surface area contributed by atoms with Crippen molar-refractivity contribution in [2.75, 3.05) is 33.9 Å². The summed E-state index contributed by atoms with van der Waals surface area (Å²) in [7, 11) is 3.58. The topological polar surface area (TPSA) is 41.6 Å². The Morgan fingerprint density at radius 2 is 2.06 bits per heavy atom. The predicted molar refractivity (Wildman–Crippen MR) is 66.5 cm³/mol. The summed E-state index contributed by atoms with van der Waals surface area (Å²) in [5.74, 6) is 0.175. The van der Waals surface area contributed by atoms with Crippen LogP contribution in [0.4, 0.5) is 0 Å². The fraction of sp³-hybridized carbons (Fsp3) is 0.917. The van der Waals surface area contributed by atoms with Gasteiger partial charge in [0.2, 0.25) is 5.91 Å². The summed E-state index contributed by atoms with van der Waals surface area (Å²) < 4.78 is 5.25. The number of nitrogens with one attached hydrogen (secondary N) is 1. The lowest BCUT2D eigenvalue weighted by Crippen LogP contribution is -2.33. The third kappa shape index (κ3) is 8.68. The molecule has 0 aromatic carbocycles. The van der Waals surface area contributed by atoms with Crippen molar-refractivity contribution < 1.29 is 9.53 Å². The second-order valence-electron chi connectivity index (χ2n) is 4.25. The highest BCUT2D eigenvalue weighted by Crippen LogP contribution is 1.96. The van der Waals surface area contributed by atoms with E-state index in [2.05, 4.69) is 5.32 Å². The monoisotopic (exact) mass is 230 g/mol. The van der Waals surface area contributed by atoms with E-state index in [1.165, 1.54) is 0 Å². The number of rotatable bonds is 9. The van der Waals surface area contributed by atoms with Crippen molar-refractivity contribution in [1.29, 1.82) is 0 Å². The van der Waals surface area contributed by atoms with Crippen molar-refractivity contribution in [1.82, 2.24) is 10.2 Å². The van der Waals surface area contributed by atoms with Crippen LogP contribution >= 0.6 is 0 Å². The van der Waals surface area contributed by atoms with Gasteiger partial charge in [0, 0.05) is 39.8 Å². The van der Waals surface area contributed by atoms with Gasteiger partial charge >= 0.3 is 0 Å². The molecule has 0 radical (unpaired) electrons. The Kier molecular flexibility index (Phi) is 9.24. The molecule has 4 nitrogen and oxygen atoms in total. The van der Waals surface area contributed by atoms with E-state index < -0.39 is 0 Å². The minimum absolute atomic E-state index is 0.175. The molecule has 1 unspecified atom stereocenters. The van der Waals surface area contributed by atoms with Gasteiger partial charge in [0.15, 0.2) is 0 Å². The van der Waals surface area contributed by atoms with Crippen molar-refractivity contribution in [3.05, 3.63) is 0 Å². The Balaban J connectivity index is 3.37. The molecule has 0 spiro atoms. The van der Waals surface area contributed by atoms with Crippen molar-refractivity contribution in [3.8, 4) is 0 Å². The van der Waals surface area contributed by atoms with Gasteiger partial charge < -0.3 is 15.0 Å². The summed E-state index contributed by atoms with van der Waals surface area (Å²) in [5.41, 5.74) is 0. The van der Waals surface area contributed by atoms with Crippen LogP contribution in [0.3, 0.4) is 0 Å². The van der Waals surface area contributed by atoms with Crippen LogP contribution in [-0.4, -0.2) is 50.7 Å². The number of unbranched alkanes of at least 4 members (excludes halogenated alkanes) is 1. The van der Waals surface area contributed by atoms with Crippen LogP contribution in [0.5, 0.6) is 0 Å². The zero-order valence-electron chi connectivity index (χ0n) is 11.1. The largest absolute Gasteiger partial charge is 0.382 e. The van der Waals surface area contributed by atoms with Gasteiger partial charge in [-0.05, 0) is 33.2 Å². The number of nitrogens with zero attached hydrogens (tertiary/aromatic N) is 1. The first-order valence-corrected chi connectivity index (χ1v) is 6.09. The van der Waals surface area contributed by atoms with E-state index in [1.807, 2.05) is 13.8 Å². The predicted octanol–water partition coefficient (Wildman–Crippen LogP) is 1.26. The van der Waals surface area contributed by atoms with Gasteiger partial charge in [-0.3, -0.25) is 4.79 Å². The molecular weight excluding hydrogens is 204 g/mol. The van der Waals surface area contributed by atoms with Crippen LogP contribution < -0.4 is 5.32 Å². The second kappa shape index (κ2) is 9.60. The van der Waals surface area contributed by atoms with E-state index in [1.54, 1.807) is 19.0 Å². The van der Waals surface area contributed by atoms with Crippen LogP contribution in [0.2, 0.25) is 0 Å². The number of carbonyl (C=O) groups is 1. The van der Waals surface area contributed by atoms with Crippen molar-refractivity contribution in [3.63, 3.8) is 0 Å². The molecule has 1 N–H and O–H groups in total. The molecule has 4 heteroatoms. The van der Waals surface area contributed by atoms with Crippen LogP contribution in [0.1, 0.15) is 33.1 Å². The normalized spacial score (nSPS) is 12.5. The smallest absolute Gasteiger partial charge is 0.223 e. The Hall–Kier alpha value is -0.610. The zero-order valence-corrected chi connectivity index (χ0v) is 11.1. The van der Waals surface area contributed by atoms with Crippen molar-refractivity contribution in [2.45, 2.75) is 39.2 Å². The highest BCUT2D eigenvalue weighted by molar-refractivity contribution is 5.76. The summed E-state index contributed by atoms with van der Waals surface area (Å²) in [4.78, 5) is 13.0. The molecule has 1 atom stereocenters. The molecule has 16 heavy (non-hydrogen) atoms. The Morgan fingerprint density at radius 1 is 1.38 bits per heavy atom. The van der Waals surface area contributed by atoms with E-state index >= 15 is 0 Å². The third-order valence-corrected chi connectivity index (χ3v) is 2.39. The van der Waals surface area contributed by atoms with Gasteiger partial charge in [0.1, 0.15) is 0 Å².